The Morgan fingerprint density at radius 1 is 1.43 bits per heavy atom. The van der Waals surface area contributed by atoms with Crippen molar-refractivity contribution >= 4 is 17.2 Å². The summed E-state index contributed by atoms with van der Waals surface area (Å²) >= 11 is 4.91. The van der Waals surface area contributed by atoms with Crippen molar-refractivity contribution < 1.29 is 17.9 Å². The molecule has 0 heterocycles. The van der Waals surface area contributed by atoms with Crippen LogP contribution in [0.15, 0.2) is 18.2 Å². The molecule has 0 atom stereocenters. The maximum absolute atomic E-state index is 12.6. The van der Waals surface area contributed by atoms with Crippen molar-refractivity contribution in [3.05, 3.63) is 29.3 Å². The lowest BCUT2D eigenvalue weighted by molar-refractivity contribution is -0.148. The molecule has 0 radical (unpaired) electrons. The lowest BCUT2D eigenvalue weighted by atomic mass is 10.1. The number of nitrogens with zero attached hydrogens (tertiary/aromatic N) is 1. The Hall–Kier alpha value is -1.34. The lowest BCUT2D eigenvalue weighted by Gasteiger charge is -2.23. The van der Waals surface area contributed by atoms with Crippen LogP contribution in [0.1, 0.15) is 24.0 Å². The number of methoxy groups -OCH3 is 1. The number of nitrogens with two attached hydrogens (primary N) is 1. The number of benzene rings is 1. The molecule has 0 aromatic heterocycles. The Labute approximate surface area is 126 Å². The topological polar surface area (TPSA) is 38.5 Å². The van der Waals surface area contributed by atoms with Crippen LogP contribution in [0.25, 0.3) is 0 Å². The minimum atomic E-state index is -4.19. The molecule has 0 bridgehead atoms. The van der Waals surface area contributed by atoms with Crippen molar-refractivity contribution in [2.45, 2.75) is 31.6 Å². The highest BCUT2D eigenvalue weighted by Crippen LogP contribution is 2.32. The van der Waals surface area contributed by atoms with Gasteiger partial charge in [-0.2, -0.15) is 13.2 Å². The maximum atomic E-state index is 12.6. The molecule has 0 amide bonds. The molecule has 1 aromatic carbocycles. The van der Waals surface area contributed by atoms with Crippen LogP contribution in [0.2, 0.25) is 0 Å². The minimum Gasteiger partial charge on any atom is -0.496 e. The summed E-state index contributed by atoms with van der Waals surface area (Å²) in [5, 5.41) is 0. The van der Waals surface area contributed by atoms with E-state index in [0.29, 0.717) is 11.3 Å². The van der Waals surface area contributed by atoms with Gasteiger partial charge in [-0.1, -0.05) is 18.3 Å². The zero-order valence-electron chi connectivity index (χ0n) is 11.6. The summed E-state index contributed by atoms with van der Waals surface area (Å²) in [7, 11) is 1.48. The average Bonchev–Trinajstić information content (AvgIpc) is 3.20. The van der Waals surface area contributed by atoms with Crippen LogP contribution >= 0.6 is 12.2 Å². The number of ether oxygens (including phenoxy) is 1. The Balaban J connectivity index is 2.15. The molecule has 1 aromatic rings. The van der Waals surface area contributed by atoms with E-state index in [2.05, 4.69) is 0 Å². The summed E-state index contributed by atoms with van der Waals surface area (Å²) in [6, 6.07) is 5.14. The molecule has 116 valence electrons. The molecule has 7 heteroatoms. The van der Waals surface area contributed by atoms with E-state index in [9.17, 15) is 13.2 Å². The third-order valence-corrected chi connectivity index (χ3v) is 3.58. The van der Waals surface area contributed by atoms with Crippen LogP contribution in [0.3, 0.4) is 0 Å². The summed E-state index contributed by atoms with van der Waals surface area (Å²) in [6.07, 6.45) is -2.55. The van der Waals surface area contributed by atoms with E-state index >= 15 is 0 Å². The molecule has 1 saturated carbocycles. The molecule has 1 aliphatic rings. The van der Waals surface area contributed by atoms with Crippen molar-refractivity contribution in [1.82, 2.24) is 4.90 Å². The molecule has 0 saturated heterocycles. The second-order valence-corrected chi connectivity index (χ2v) is 5.59. The van der Waals surface area contributed by atoms with Gasteiger partial charge in [-0.25, -0.2) is 0 Å². The van der Waals surface area contributed by atoms with Crippen LogP contribution < -0.4 is 10.5 Å². The third kappa shape index (κ3) is 4.57. The smallest absolute Gasteiger partial charge is 0.401 e. The SMILES string of the molecule is COc1cc(CN(CC(F)(F)F)C2CC2)ccc1C(N)=S. The Bertz CT molecular complexity index is 529. The van der Waals surface area contributed by atoms with Gasteiger partial charge >= 0.3 is 6.18 Å². The molecular weight excluding hydrogens is 301 g/mol. The number of hydrogen-bond donors (Lipinski definition) is 1. The van der Waals surface area contributed by atoms with Crippen molar-refractivity contribution in [2.75, 3.05) is 13.7 Å². The summed E-state index contributed by atoms with van der Waals surface area (Å²) < 4.78 is 43.0. The number of alkyl halides is 3. The predicted molar refractivity (Wildman–Crippen MR) is 78.4 cm³/mol. The van der Waals surface area contributed by atoms with E-state index in [1.54, 1.807) is 18.2 Å². The highest BCUT2D eigenvalue weighted by Gasteiger charge is 2.37. The van der Waals surface area contributed by atoms with Gasteiger partial charge in [0.2, 0.25) is 0 Å². The molecule has 1 fully saturated rings. The quantitative estimate of drug-likeness (QED) is 0.819. The highest BCUT2D eigenvalue weighted by atomic mass is 32.1. The van der Waals surface area contributed by atoms with Crippen LogP contribution in [-0.4, -0.2) is 35.8 Å². The van der Waals surface area contributed by atoms with E-state index in [1.165, 1.54) is 12.0 Å². The van der Waals surface area contributed by atoms with Gasteiger partial charge in [-0.05, 0) is 30.5 Å². The maximum Gasteiger partial charge on any atom is 0.401 e. The summed E-state index contributed by atoms with van der Waals surface area (Å²) in [5.41, 5.74) is 6.92. The zero-order chi connectivity index (χ0) is 15.6. The van der Waals surface area contributed by atoms with Gasteiger partial charge in [0.25, 0.3) is 0 Å². The first kappa shape index (κ1) is 16.0. The molecule has 2 rings (SSSR count). The zero-order valence-corrected chi connectivity index (χ0v) is 12.4. The van der Waals surface area contributed by atoms with Gasteiger partial charge in [0, 0.05) is 12.6 Å². The summed E-state index contributed by atoms with van der Waals surface area (Å²) in [4.78, 5) is 1.66. The number of thiocarbonyl (C=S) groups is 1. The fourth-order valence-electron chi connectivity index (χ4n) is 2.26. The standard InChI is InChI=1S/C14H17F3N2OS/c1-20-12-6-9(2-5-11(12)13(18)21)7-19(10-3-4-10)8-14(15,16)17/h2,5-6,10H,3-4,7-8H2,1H3,(H2,18,21). The lowest BCUT2D eigenvalue weighted by Crippen LogP contribution is -2.35. The molecule has 1 aliphatic carbocycles. The molecule has 2 N–H and O–H groups in total. The van der Waals surface area contributed by atoms with Gasteiger partial charge in [-0.3, -0.25) is 4.90 Å². The normalized spacial score (nSPS) is 15.3. The van der Waals surface area contributed by atoms with E-state index in [0.717, 1.165) is 18.4 Å². The Morgan fingerprint density at radius 3 is 2.57 bits per heavy atom. The Kier molecular flexibility index (Phi) is 4.73. The summed E-state index contributed by atoms with van der Waals surface area (Å²) in [5.74, 6) is 0.489. The van der Waals surface area contributed by atoms with Crippen molar-refractivity contribution in [3.8, 4) is 5.75 Å². The fraction of sp³-hybridized carbons (Fsp3) is 0.500. The fourth-order valence-corrected chi connectivity index (χ4v) is 2.42. The van der Waals surface area contributed by atoms with Gasteiger partial charge in [-0.15, -0.1) is 0 Å². The third-order valence-electron chi connectivity index (χ3n) is 3.36. The largest absolute Gasteiger partial charge is 0.496 e. The minimum absolute atomic E-state index is 0.0212. The monoisotopic (exact) mass is 318 g/mol. The molecule has 0 spiro atoms. The molecule has 0 aliphatic heterocycles. The molecule has 0 unspecified atom stereocenters. The van der Waals surface area contributed by atoms with Crippen molar-refractivity contribution in [3.63, 3.8) is 0 Å². The first-order valence-electron chi connectivity index (χ1n) is 6.57. The van der Waals surface area contributed by atoms with Crippen LogP contribution in [-0.2, 0) is 6.54 Å². The second-order valence-electron chi connectivity index (χ2n) is 5.15. The highest BCUT2D eigenvalue weighted by molar-refractivity contribution is 7.80. The first-order chi connectivity index (χ1) is 9.80. The van der Waals surface area contributed by atoms with E-state index in [-0.39, 0.29) is 17.6 Å². The number of halogens is 3. The van der Waals surface area contributed by atoms with E-state index < -0.39 is 12.7 Å². The first-order valence-corrected chi connectivity index (χ1v) is 6.98. The second kappa shape index (κ2) is 6.19. The van der Waals surface area contributed by atoms with E-state index in [4.69, 9.17) is 22.7 Å². The predicted octanol–water partition coefficient (Wildman–Crippen LogP) is 2.86. The van der Waals surface area contributed by atoms with Gasteiger partial charge in [0.15, 0.2) is 0 Å². The van der Waals surface area contributed by atoms with Gasteiger partial charge in [0.1, 0.15) is 10.7 Å². The van der Waals surface area contributed by atoms with Gasteiger partial charge in [0.05, 0.1) is 19.2 Å². The number of hydrogen-bond acceptors (Lipinski definition) is 3. The average molecular weight is 318 g/mol. The van der Waals surface area contributed by atoms with Crippen molar-refractivity contribution in [1.29, 1.82) is 0 Å². The van der Waals surface area contributed by atoms with Crippen LogP contribution in [0, 0.1) is 0 Å². The van der Waals surface area contributed by atoms with Crippen LogP contribution in [0.4, 0.5) is 13.2 Å². The van der Waals surface area contributed by atoms with Gasteiger partial charge < -0.3 is 10.5 Å². The molecule has 21 heavy (non-hydrogen) atoms. The van der Waals surface area contributed by atoms with Crippen LogP contribution in [0.5, 0.6) is 5.75 Å². The molecular formula is C14H17F3N2OS. The van der Waals surface area contributed by atoms with E-state index in [1.807, 2.05) is 0 Å². The number of rotatable bonds is 6. The Morgan fingerprint density at radius 2 is 2.10 bits per heavy atom. The van der Waals surface area contributed by atoms with Crippen molar-refractivity contribution in [2.24, 2.45) is 5.73 Å². The molecule has 3 nitrogen and oxygen atoms in total. The summed E-state index contributed by atoms with van der Waals surface area (Å²) in [6.45, 7) is -0.658.